The van der Waals surface area contributed by atoms with Gasteiger partial charge in [0.2, 0.25) is 0 Å². The van der Waals surface area contributed by atoms with E-state index in [0.717, 1.165) is 5.56 Å². The molecule has 3 rings (SSSR count). The van der Waals surface area contributed by atoms with Gasteiger partial charge >= 0.3 is 0 Å². The molecule has 0 fully saturated rings. The maximum Gasteiger partial charge on any atom is 0.128 e. The van der Waals surface area contributed by atoms with Crippen LogP contribution < -0.4 is 10.1 Å². The Hall–Kier alpha value is -2.18. The number of halogens is 1. The molecule has 0 spiro atoms. The molecule has 0 aliphatic carbocycles. The molecule has 3 aromatic carbocycles. The van der Waals surface area contributed by atoms with Crippen LogP contribution in [0.3, 0.4) is 0 Å². The minimum atomic E-state index is -2.31. The van der Waals surface area contributed by atoms with Crippen LogP contribution in [0.1, 0.15) is 11.1 Å². The Balaban J connectivity index is 1.74. The minimum Gasteiger partial charge on any atom is -0.768 e. The minimum absolute atomic E-state index is 0.254. The molecule has 26 heavy (non-hydrogen) atoms. The molecular weight excluding hydrogens is 370 g/mol. The number of hydrogen-bond acceptors (Lipinski definition) is 4. The predicted molar refractivity (Wildman–Crippen MR) is 102 cm³/mol. The van der Waals surface area contributed by atoms with E-state index in [1.807, 2.05) is 30.3 Å². The molecule has 0 saturated carbocycles. The summed E-state index contributed by atoms with van der Waals surface area (Å²) in [4.78, 5) is 0.254. The number of hydrogen-bond donors (Lipinski definition) is 1. The largest absolute Gasteiger partial charge is 0.768 e. The second-order valence-corrected chi connectivity index (χ2v) is 7.00. The number of rotatable bonds is 7. The van der Waals surface area contributed by atoms with Crippen LogP contribution >= 0.6 is 11.6 Å². The predicted octanol–water partition coefficient (Wildman–Crippen LogP) is 4.66. The molecule has 134 valence electrons. The first-order chi connectivity index (χ1) is 12.6. The Morgan fingerprint density at radius 3 is 2.42 bits per heavy atom. The van der Waals surface area contributed by atoms with Gasteiger partial charge in [-0.05, 0) is 58.6 Å². The molecule has 1 unspecified atom stereocenters. The highest BCUT2D eigenvalue weighted by molar-refractivity contribution is 7.79. The van der Waals surface area contributed by atoms with Crippen molar-refractivity contribution in [2.45, 2.75) is 18.0 Å². The molecule has 3 aromatic rings. The molecule has 0 saturated heterocycles. The average molecular weight is 387 g/mol. The Labute approximate surface area is 160 Å². The normalized spacial score (nSPS) is 11.9. The fourth-order valence-electron chi connectivity index (χ4n) is 2.52. The summed E-state index contributed by atoms with van der Waals surface area (Å²) in [6.45, 7) is 1.05. The van der Waals surface area contributed by atoms with Crippen LogP contribution in [0.4, 0.5) is 0 Å². The lowest BCUT2D eigenvalue weighted by Gasteiger charge is -2.15. The third-order valence-electron chi connectivity index (χ3n) is 3.73. The summed E-state index contributed by atoms with van der Waals surface area (Å²) in [5.74, 6) is 1.15. The average Bonchev–Trinajstić information content (AvgIpc) is 2.63. The fraction of sp³-hybridized carbons (Fsp3) is 0.100. The van der Waals surface area contributed by atoms with Gasteiger partial charge in [0.25, 0.3) is 0 Å². The maximum absolute atomic E-state index is 11.5. The summed E-state index contributed by atoms with van der Waals surface area (Å²) in [6.07, 6.45) is 0. The summed E-state index contributed by atoms with van der Waals surface area (Å²) >= 11 is 3.65. The van der Waals surface area contributed by atoms with Crippen LogP contribution in [0.15, 0.2) is 77.7 Å². The van der Waals surface area contributed by atoms with Gasteiger partial charge in [0.15, 0.2) is 0 Å². The van der Waals surface area contributed by atoms with Crippen molar-refractivity contribution in [3.05, 3.63) is 88.9 Å². The lowest BCUT2D eigenvalue weighted by Crippen LogP contribution is -2.14. The number of benzene rings is 3. The monoisotopic (exact) mass is 386 g/mol. The Kier molecular flexibility index (Phi) is 6.41. The van der Waals surface area contributed by atoms with E-state index in [-0.39, 0.29) is 4.90 Å². The molecule has 0 amide bonds. The van der Waals surface area contributed by atoms with Crippen LogP contribution in [0.25, 0.3) is 0 Å². The quantitative estimate of drug-likeness (QED) is 0.600. The second-order valence-electron chi connectivity index (χ2n) is 5.65. The van der Waals surface area contributed by atoms with Crippen molar-refractivity contribution in [3.63, 3.8) is 0 Å². The maximum atomic E-state index is 11.5. The molecule has 0 aromatic heterocycles. The van der Waals surface area contributed by atoms with E-state index >= 15 is 0 Å². The zero-order valence-electron chi connectivity index (χ0n) is 13.9. The van der Waals surface area contributed by atoms with E-state index in [1.54, 1.807) is 42.5 Å². The van der Waals surface area contributed by atoms with Gasteiger partial charge in [0.05, 0.1) is 0 Å². The second kappa shape index (κ2) is 8.96. The summed E-state index contributed by atoms with van der Waals surface area (Å²) in [7, 11) is 0. The summed E-state index contributed by atoms with van der Waals surface area (Å²) < 4.78 is 28.8. The van der Waals surface area contributed by atoms with Gasteiger partial charge in [-0.15, -0.1) is 0 Å². The third-order valence-corrected chi connectivity index (χ3v) is 4.72. The van der Waals surface area contributed by atoms with Crippen molar-refractivity contribution < 1.29 is 13.5 Å². The molecule has 0 aliphatic rings. The summed E-state index contributed by atoms with van der Waals surface area (Å²) in [6, 6.07) is 21.9. The fourth-order valence-corrected chi connectivity index (χ4v) is 3.23. The highest BCUT2D eigenvalue weighted by atomic mass is 35.5. The Bertz CT molecular complexity index is 903. The molecule has 0 heterocycles. The van der Waals surface area contributed by atoms with E-state index in [2.05, 4.69) is 5.32 Å². The van der Waals surface area contributed by atoms with Crippen LogP contribution in [0.5, 0.6) is 11.5 Å². The molecule has 1 N–H and O–H groups in total. The molecule has 0 radical (unpaired) electrons. The van der Waals surface area contributed by atoms with E-state index in [0.29, 0.717) is 35.2 Å². The Morgan fingerprint density at radius 2 is 1.69 bits per heavy atom. The van der Waals surface area contributed by atoms with Crippen molar-refractivity contribution in [1.29, 1.82) is 0 Å². The SMILES string of the molecule is O=S([O-])c1ccc(Oc2cccc(Cl)c2)cc1CNCc1ccccc1. The molecule has 1 atom stereocenters. The van der Waals surface area contributed by atoms with Gasteiger partial charge in [0, 0.05) is 23.0 Å². The van der Waals surface area contributed by atoms with Crippen LogP contribution in [-0.2, 0) is 24.2 Å². The zero-order valence-corrected chi connectivity index (χ0v) is 15.4. The third kappa shape index (κ3) is 5.16. The van der Waals surface area contributed by atoms with Crippen molar-refractivity contribution >= 4 is 22.7 Å². The van der Waals surface area contributed by atoms with Gasteiger partial charge in [-0.2, -0.15) is 0 Å². The molecule has 0 bridgehead atoms. The van der Waals surface area contributed by atoms with Gasteiger partial charge < -0.3 is 14.6 Å². The zero-order chi connectivity index (χ0) is 18.4. The van der Waals surface area contributed by atoms with Gasteiger partial charge in [0.1, 0.15) is 11.5 Å². The van der Waals surface area contributed by atoms with Crippen molar-refractivity contribution in [2.24, 2.45) is 0 Å². The van der Waals surface area contributed by atoms with Crippen LogP contribution in [0, 0.1) is 0 Å². The Morgan fingerprint density at radius 1 is 0.923 bits per heavy atom. The first kappa shape index (κ1) is 18.6. The van der Waals surface area contributed by atoms with E-state index in [9.17, 15) is 8.76 Å². The first-order valence-electron chi connectivity index (χ1n) is 8.02. The topological polar surface area (TPSA) is 61.4 Å². The van der Waals surface area contributed by atoms with E-state index in [4.69, 9.17) is 16.3 Å². The van der Waals surface area contributed by atoms with E-state index in [1.165, 1.54) is 0 Å². The van der Waals surface area contributed by atoms with Crippen molar-refractivity contribution in [2.75, 3.05) is 0 Å². The van der Waals surface area contributed by atoms with Crippen LogP contribution in [0.2, 0.25) is 5.02 Å². The van der Waals surface area contributed by atoms with Crippen molar-refractivity contribution in [1.82, 2.24) is 5.32 Å². The summed E-state index contributed by atoms with van der Waals surface area (Å²) in [5.41, 5.74) is 1.78. The smallest absolute Gasteiger partial charge is 0.128 e. The van der Waals surface area contributed by atoms with Crippen molar-refractivity contribution in [3.8, 4) is 11.5 Å². The van der Waals surface area contributed by atoms with Gasteiger partial charge in [-0.1, -0.05) is 48.0 Å². The number of nitrogens with one attached hydrogen (secondary N) is 1. The molecule has 6 heteroatoms. The van der Waals surface area contributed by atoms with Gasteiger partial charge in [-0.3, -0.25) is 4.21 Å². The van der Waals surface area contributed by atoms with E-state index < -0.39 is 11.1 Å². The van der Waals surface area contributed by atoms with Crippen LogP contribution in [-0.4, -0.2) is 8.76 Å². The highest BCUT2D eigenvalue weighted by Crippen LogP contribution is 2.27. The standard InChI is InChI=1S/C20H18ClNO3S/c21-17-7-4-8-18(12-17)25-19-9-10-20(26(23)24)16(11-19)14-22-13-15-5-2-1-3-6-15/h1-12,22H,13-14H2,(H,23,24)/p-1. The number of ether oxygens (including phenoxy) is 1. The molecular formula is C20H17ClNO3S-. The lowest BCUT2D eigenvalue weighted by atomic mass is 10.2. The lowest BCUT2D eigenvalue weighted by molar-refractivity contribution is 0.480. The molecule has 0 aliphatic heterocycles. The molecule has 4 nitrogen and oxygen atoms in total. The highest BCUT2D eigenvalue weighted by Gasteiger charge is 2.07. The van der Waals surface area contributed by atoms with Gasteiger partial charge in [-0.25, -0.2) is 0 Å². The first-order valence-corrected chi connectivity index (χ1v) is 9.47. The summed E-state index contributed by atoms with van der Waals surface area (Å²) in [5, 5.41) is 3.84.